The Morgan fingerprint density at radius 2 is 0.367 bits per heavy atom. The highest BCUT2D eigenvalue weighted by molar-refractivity contribution is 5.15. The van der Waals surface area contributed by atoms with Gasteiger partial charge in [-0.3, -0.25) is 0 Å². The van der Waals surface area contributed by atoms with Gasteiger partial charge in [0.1, 0.15) is 0 Å². The van der Waals surface area contributed by atoms with Crippen molar-refractivity contribution in [1.29, 1.82) is 0 Å². The van der Waals surface area contributed by atoms with Gasteiger partial charge in [-0.2, -0.15) is 132 Å². The molecule has 0 aromatic rings. The summed E-state index contributed by atoms with van der Waals surface area (Å²) in [6, 6.07) is 0. The Bertz CT molecular complexity index is 1080. The van der Waals surface area contributed by atoms with Crippen LogP contribution < -0.4 is 0 Å². The summed E-state index contributed by atoms with van der Waals surface area (Å²) in [6.07, 6.45) is -30.4. The molecule has 0 radical (unpaired) electrons. The van der Waals surface area contributed by atoms with Crippen LogP contribution in [-0.4, -0.2) is 96.1 Å². The van der Waals surface area contributed by atoms with Gasteiger partial charge in [-0.15, -0.1) is 0 Å². The zero-order valence-corrected chi connectivity index (χ0v) is 20.7. The summed E-state index contributed by atoms with van der Waals surface area (Å²) in [7, 11) is 0. The normalized spacial score (nSPS) is 18.1. The van der Waals surface area contributed by atoms with E-state index in [9.17, 15) is 140 Å². The first-order valence-corrected chi connectivity index (χ1v) is 10.2. The van der Waals surface area contributed by atoms with Crippen LogP contribution in [0.4, 0.5) is 140 Å². The number of alkyl halides is 32. The SMILES string of the molecule is FC(OC(F)C(F)(F)C(F)(F)C(F)(F)C(F)(F)C(F)(F)C(F)(F)C(F)(F)F)C(F)(F)C(F)(F)C(F)(F)C(F)(F)C(F)(F)C(F)(F)C(F)(F)F. The molecular weight excluding hydrogens is 816 g/mol. The van der Waals surface area contributed by atoms with Gasteiger partial charge in [0.25, 0.3) is 12.7 Å². The predicted octanol–water partition coefficient (Wildman–Crippen LogP) is 10.3. The smallest absolute Gasteiger partial charge is 0.303 e. The van der Waals surface area contributed by atoms with Crippen LogP contribution in [0.1, 0.15) is 0 Å². The third-order valence-electron chi connectivity index (χ3n) is 5.51. The highest BCUT2D eigenvalue weighted by Crippen LogP contribution is 2.65. The third-order valence-corrected chi connectivity index (χ3v) is 5.51. The molecule has 0 fully saturated rings. The lowest BCUT2D eigenvalue weighted by atomic mass is 9.90. The Balaban J connectivity index is 6.95. The standard InChI is InChI=1S/C16H2F32O/c17-1(3(19,20)5(23,24)7(27,28)9(31,32)11(35,36)13(39,40)15(43,44)45)49-2(18)4(21,22)6(25,26)8(29,30)10(33,34)12(37,38)14(41,42)16(46,47)48/h1-2H. The number of hydrogen-bond donors (Lipinski definition) is 0. The van der Waals surface area contributed by atoms with Crippen molar-refractivity contribution in [3.05, 3.63) is 0 Å². The summed E-state index contributed by atoms with van der Waals surface area (Å²) in [5.41, 5.74) is 0. The van der Waals surface area contributed by atoms with E-state index in [2.05, 4.69) is 0 Å². The molecule has 0 saturated carbocycles. The van der Waals surface area contributed by atoms with Gasteiger partial charge in [-0.1, -0.05) is 0 Å². The summed E-state index contributed by atoms with van der Waals surface area (Å²) in [6.45, 7) is 0. The van der Waals surface area contributed by atoms with E-state index in [1.807, 2.05) is 0 Å². The van der Waals surface area contributed by atoms with Crippen molar-refractivity contribution >= 4 is 0 Å². The summed E-state index contributed by atoms with van der Waals surface area (Å²) < 4.78 is 418. The van der Waals surface area contributed by atoms with Crippen LogP contribution in [0, 0.1) is 0 Å². The fourth-order valence-electron chi connectivity index (χ4n) is 2.52. The van der Waals surface area contributed by atoms with Crippen molar-refractivity contribution in [2.45, 2.75) is 96.1 Å². The van der Waals surface area contributed by atoms with Gasteiger partial charge in [0, 0.05) is 0 Å². The molecule has 0 rings (SSSR count). The number of hydrogen-bond acceptors (Lipinski definition) is 1. The Labute approximate surface area is 243 Å². The number of ether oxygens (including phenoxy) is 1. The molecular formula is C16H2F32O. The zero-order chi connectivity index (χ0) is 40.9. The first kappa shape index (κ1) is 46.7. The van der Waals surface area contributed by atoms with E-state index in [4.69, 9.17) is 0 Å². The second kappa shape index (κ2) is 11.6. The summed E-state index contributed by atoms with van der Waals surface area (Å²) in [5, 5.41) is 0. The van der Waals surface area contributed by atoms with Crippen molar-refractivity contribution in [1.82, 2.24) is 0 Å². The first-order valence-electron chi connectivity index (χ1n) is 10.2. The van der Waals surface area contributed by atoms with Crippen LogP contribution in [0.2, 0.25) is 0 Å². The van der Waals surface area contributed by atoms with Crippen LogP contribution >= 0.6 is 0 Å². The van der Waals surface area contributed by atoms with Crippen molar-refractivity contribution in [3.8, 4) is 0 Å². The molecule has 0 heterocycles. The molecule has 0 amide bonds. The van der Waals surface area contributed by atoms with Gasteiger partial charge in [0.05, 0.1) is 0 Å². The zero-order valence-electron chi connectivity index (χ0n) is 20.7. The van der Waals surface area contributed by atoms with Crippen LogP contribution in [-0.2, 0) is 4.74 Å². The van der Waals surface area contributed by atoms with Gasteiger partial charge in [0.2, 0.25) is 0 Å². The minimum absolute atomic E-state index is 1.40. The molecule has 0 aliphatic rings. The second-order valence-electron chi connectivity index (χ2n) is 8.75. The van der Waals surface area contributed by atoms with Gasteiger partial charge in [0.15, 0.2) is 0 Å². The molecule has 0 saturated heterocycles. The molecule has 49 heavy (non-hydrogen) atoms. The molecule has 296 valence electrons. The van der Waals surface area contributed by atoms with Gasteiger partial charge in [-0.25, -0.2) is 8.78 Å². The topological polar surface area (TPSA) is 9.23 Å². The van der Waals surface area contributed by atoms with E-state index < -0.39 is 96.1 Å². The average Bonchev–Trinajstić information content (AvgIpc) is 2.85. The van der Waals surface area contributed by atoms with Gasteiger partial charge >= 0.3 is 83.4 Å². The van der Waals surface area contributed by atoms with E-state index in [1.54, 1.807) is 0 Å². The van der Waals surface area contributed by atoms with Crippen LogP contribution in [0.3, 0.4) is 0 Å². The number of halogens is 32. The Morgan fingerprint density at radius 3 is 0.531 bits per heavy atom. The van der Waals surface area contributed by atoms with E-state index >= 15 is 0 Å². The quantitative estimate of drug-likeness (QED) is 0.159. The largest absolute Gasteiger partial charge is 0.460 e. The number of rotatable bonds is 14. The molecule has 0 N–H and O–H groups in total. The molecule has 2 unspecified atom stereocenters. The second-order valence-corrected chi connectivity index (χ2v) is 8.75. The highest BCUT2D eigenvalue weighted by atomic mass is 19.4. The van der Waals surface area contributed by atoms with E-state index in [0.717, 1.165) is 0 Å². The fourth-order valence-corrected chi connectivity index (χ4v) is 2.52. The fraction of sp³-hybridized carbons (Fsp3) is 1.00. The monoisotopic (exact) mass is 818 g/mol. The van der Waals surface area contributed by atoms with Crippen LogP contribution in [0.15, 0.2) is 0 Å². The lowest BCUT2D eigenvalue weighted by Gasteiger charge is -2.43. The summed E-state index contributed by atoms with van der Waals surface area (Å²) in [4.78, 5) is 0. The van der Waals surface area contributed by atoms with Crippen LogP contribution in [0.5, 0.6) is 0 Å². The minimum atomic E-state index is -9.32. The van der Waals surface area contributed by atoms with E-state index in [-0.39, 0.29) is 0 Å². The van der Waals surface area contributed by atoms with Crippen LogP contribution in [0.25, 0.3) is 0 Å². The molecule has 0 spiro atoms. The molecule has 0 bridgehead atoms. The lowest BCUT2D eigenvalue weighted by Crippen LogP contribution is -2.74. The average molecular weight is 818 g/mol. The molecule has 33 heteroatoms. The maximum Gasteiger partial charge on any atom is 0.460 e. The Kier molecular flexibility index (Phi) is 11.1. The van der Waals surface area contributed by atoms with Crippen molar-refractivity contribution in [3.63, 3.8) is 0 Å². The Morgan fingerprint density at radius 1 is 0.224 bits per heavy atom. The van der Waals surface area contributed by atoms with Gasteiger partial charge < -0.3 is 4.74 Å². The van der Waals surface area contributed by atoms with E-state index in [1.165, 1.54) is 4.74 Å². The van der Waals surface area contributed by atoms with Crippen molar-refractivity contribution < 1.29 is 145 Å². The first-order chi connectivity index (χ1) is 20.5. The molecule has 0 aliphatic heterocycles. The maximum absolute atomic E-state index is 13.5. The predicted molar refractivity (Wildman–Crippen MR) is 82.4 cm³/mol. The molecule has 0 aliphatic carbocycles. The molecule has 0 aromatic carbocycles. The summed E-state index contributed by atoms with van der Waals surface area (Å²) >= 11 is 0. The van der Waals surface area contributed by atoms with Crippen molar-refractivity contribution in [2.24, 2.45) is 0 Å². The van der Waals surface area contributed by atoms with E-state index in [0.29, 0.717) is 0 Å². The molecule has 2 atom stereocenters. The molecule has 0 aromatic heterocycles. The third kappa shape index (κ3) is 5.90. The highest BCUT2D eigenvalue weighted by Gasteiger charge is 2.96. The Hall–Kier alpha value is -2.28. The minimum Gasteiger partial charge on any atom is -0.303 e. The van der Waals surface area contributed by atoms with Crippen molar-refractivity contribution in [2.75, 3.05) is 0 Å². The molecule has 1 nitrogen and oxygen atoms in total. The van der Waals surface area contributed by atoms with Gasteiger partial charge in [-0.05, 0) is 0 Å². The summed E-state index contributed by atoms with van der Waals surface area (Å²) in [5.74, 6) is -108. The maximum atomic E-state index is 13.5. The lowest BCUT2D eigenvalue weighted by molar-refractivity contribution is -0.469.